The molecule has 49 heavy (non-hydrogen) atoms. The Morgan fingerprint density at radius 2 is 1.59 bits per heavy atom. The van der Waals surface area contributed by atoms with Gasteiger partial charge in [0.05, 0.1) is 21.6 Å². The minimum Gasteiger partial charge on any atom is -0.384 e. The van der Waals surface area contributed by atoms with Gasteiger partial charge in [-0.2, -0.15) is 0 Å². The molecule has 0 atom stereocenters. The molecule has 5 rings (SSSR count). The zero-order valence-electron chi connectivity index (χ0n) is 28.9. The Hall–Kier alpha value is -3.89. The van der Waals surface area contributed by atoms with Gasteiger partial charge in [0, 0.05) is 31.0 Å². The number of nitrogens with two attached hydrogens (primary N) is 2. The van der Waals surface area contributed by atoms with E-state index in [9.17, 15) is 8.42 Å². The normalized spacial score (nSPS) is 11.6. The minimum atomic E-state index is -3.93. The molecular formula is C38H48Cl2N6O2S. The molecule has 5 N–H and O–H groups in total. The van der Waals surface area contributed by atoms with Gasteiger partial charge < -0.3 is 16.0 Å². The number of nitrogens with zero attached hydrogens (tertiary/aromatic N) is 3. The molecule has 5 aromatic rings. The summed E-state index contributed by atoms with van der Waals surface area (Å²) in [6.07, 6.45) is 2.72. The zero-order chi connectivity index (χ0) is 33.9. The number of imidazole rings is 1. The van der Waals surface area contributed by atoms with Gasteiger partial charge in [-0.1, -0.05) is 81.4 Å². The second-order valence-corrected chi connectivity index (χ2v) is 14.3. The summed E-state index contributed by atoms with van der Waals surface area (Å²) in [6.45, 7) is 8.98. The van der Waals surface area contributed by atoms with Crippen molar-refractivity contribution in [1.82, 2.24) is 9.55 Å². The summed E-state index contributed by atoms with van der Waals surface area (Å²) in [5.74, 6) is 0.965. The molecule has 4 aromatic carbocycles. The van der Waals surface area contributed by atoms with Crippen LogP contribution in [0, 0.1) is 5.41 Å². The van der Waals surface area contributed by atoms with Crippen LogP contribution in [0.4, 0.5) is 5.69 Å². The molecule has 0 aliphatic rings. The fourth-order valence-electron chi connectivity index (χ4n) is 6.75. The van der Waals surface area contributed by atoms with Crippen LogP contribution in [0.5, 0.6) is 0 Å². The van der Waals surface area contributed by atoms with E-state index in [1.165, 1.54) is 4.31 Å². The lowest BCUT2D eigenvalue weighted by atomic mass is 9.73. The predicted octanol–water partition coefficient (Wildman–Crippen LogP) is 7.09. The van der Waals surface area contributed by atoms with Gasteiger partial charge in [0.1, 0.15) is 11.7 Å². The van der Waals surface area contributed by atoms with E-state index in [1.54, 1.807) is 6.07 Å². The third-order valence-electron chi connectivity index (χ3n) is 9.25. The largest absolute Gasteiger partial charge is 0.384 e. The smallest absolute Gasteiger partial charge is 0.264 e. The van der Waals surface area contributed by atoms with Crippen LogP contribution >= 0.6 is 24.8 Å². The molecule has 1 heterocycles. The zero-order valence-corrected chi connectivity index (χ0v) is 31.3. The number of amidine groups is 1. The highest BCUT2D eigenvalue weighted by Crippen LogP contribution is 2.40. The number of rotatable bonds is 13. The van der Waals surface area contributed by atoms with Gasteiger partial charge in [-0.15, -0.1) is 24.8 Å². The number of hydrogen-bond donors (Lipinski definition) is 3. The fourth-order valence-corrected chi connectivity index (χ4v) is 8.51. The van der Waals surface area contributed by atoms with Crippen molar-refractivity contribution in [3.63, 3.8) is 0 Å². The van der Waals surface area contributed by atoms with Crippen molar-refractivity contribution in [2.75, 3.05) is 17.4 Å². The second-order valence-electron chi connectivity index (χ2n) is 12.5. The number of anilines is 1. The van der Waals surface area contributed by atoms with Crippen molar-refractivity contribution in [1.29, 1.82) is 5.41 Å². The Morgan fingerprint density at radius 3 is 2.18 bits per heavy atom. The topological polar surface area (TPSA) is 131 Å². The molecule has 11 heteroatoms. The molecule has 0 spiro atoms. The van der Waals surface area contributed by atoms with Crippen LogP contribution in [-0.2, 0) is 48.2 Å². The van der Waals surface area contributed by atoms with Crippen LogP contribution in [0.15, 0.2) is 89.8 Å². The maximum absolute atomic E-state index is 14.6. The van der Waals surface area contributed by atoms with E-state index in [0.29, 0.717) is 42.0 Å². The molecule has 1 aromatic heterocycles. The average molecular weight is 724 g/mol. The number of aryl methyl sites for hydroxylation is 3. The molecular weight excluding hydrogens is 675 g/mol. The monoisotopic (exact) mass is 722 g/mol. The van der Waals surface area contributed by atoms with Crippen LogP contribution < -0.4 is 15.8 Å². The van der Waals surface area contributed by atoms with Crippen molar-refractivity contribution < 1.29 is 8.42 Å². The van der Waals surface area contributed by atoms with Crippen molar-refractivity contribution in [2.24, 2.45) is 18.5 Å². The average Bonchev–Trinajstić information content (AvgIpc) is 3.38. The van der Waals surface area contributed by atoms with Crippen molar-refractivity contribution in [3.8, 4) is 0 Å². The van der Waals surface area contributed by atoms with Crippen molar-refractivity contribution in [2.45, 2.75) is 63.7 Å². The Balaban J connectivity index is 0.00000325. The van der Waals surface area contributed by atoms with E-state index in [1.807, 2.05) is 87.6 Å². The lowest BCUT2D eigenvalue weighted by molar-refractivity contribution is 0.586. The van der Waals surface area contributed by atoms with Gasteiger partial charge in [0.25, 0.3) is 10.0 Å². The van der Waals surface area contributed by atoms with E-state index in [-0.39, 0.29) is 37.2 Å². The van der Waals surface area contributed by atoms with Crippen LogP contribution in [-0.4, -0.2) is 36.9 Å². The Labute approximate surface area is 303 Å². The first-order chi connectivity index (χ1) is 22.4. The first-order valence-electron chi connectivity index (χ1n) is 16.3. The maximum Gasteiger partial charge on any atom is 0.264 e. The number of nitrogen functional groups attached to an aromatic ring is 1. The van der Waals surface area contributed by atoms with Crippen molar-refractivity contribution in [3.05, 3.63) is 124 Å². The number of benzene rings is 4. The van der Waals surface area contributed by atoms with Crippen LogP contribution in [0.25, 0.3) is 11.0 Å². The third kappa shape index (κ3) is 7.80. The second kappa shape index (κ2) is 16.2. The first kappa shape index (κ1) is 39.5. The van der Waals surface area contributed by atoms with Crippen LogP contribution in [0.2, 0.25) is 0 Å². The number of sulfonamides is 1. The number of aromatic nitrogens is 2. The molecule has 0 radical (unpaired) electrons. The molecule has 0 saturated heterocycles. The maximum atomic E-state index is 14.6. The number of hydrogen-bond acceptors (Lipinski definition) is 5. The summed E-state index contributed by atoms with van der Waals surface area (Å²) in [5.41, 5.74) is 19.4. The molecule has 8 nitrogen and oxygen atoms in total. The molecule has 0 unspecified atom stereocenters. The Morgan fingerprint density at radius 1 is 0.918 bits per heavy atom. The van der Waals surface area contributed by atoms with Crippen LogP contribution in [0.1, 0.15) is 66.9 Å². The summed E-state index contributed by atoms with van der Waals surface area (Å²) >= 11 is 0. The van der Waals surface area contributed by atoms with Gasteiger partial charge in [0.2, 0.25) is 0 Å². The Kier molecular flexibility index (Phi) is 13.1. The van der Waals surface area contributed by atoms with Gasteiger partial charge in [-0.25, -0.2) is 13.4 Å². The van der Waals surface area contributed by atoms with E-state index in [0.717, 1.165) is 51.1 Å². The highest BCUT2D eigenvalue weighted by molar-refractivity contribution is 7.92. The summed E-state index contributed by atoms with van der Waals surface area (Å²) in [7, 11) is -1.94. The van der Waals surface area contributed by atoms with Crippen LogP contribution in [0.3, 0.4) is 0 Å². The predicted molar refractivity (Wildman–Crippen MR) is 207 cm³/mol. The lowest BCUT2D eigenvalue weighted by Crippen LogP contribution is -2.33. The summed E-state index contributed by atoms with van der Waals surface area (Å²) in [6, 6.07) is 27.4. The fraction of sp³-hybridized carbons (Fsp3) is 0.316. The first-order valence-corrected chi connectivity index (χ1v) is 17.7. The highest BCUT2D eigenvalue weighted by Gasteiger charge is 2.34. The molecule has 0 amide bonds. The van der Waals surface area contributed by atoms with E-state index in [2.05, 4.69) is 30.5 Å². The molecule has 0 aliphatic carbocycles. The van der Waals surface area contributed by atoms with Gasteiger partial charge in [0.15, 0.2) is 0 Å². The standard InChI is InChI=1S/C38H46N6O2S.2ClH/c1-6-31-34(21-18-27(23-24-39)36(31)38(3,4)29-11-9-8-10-12-29)47(45,46)44(7-2)30-19-20-33-32(25-30)42-35(43(33)5)22-15-26-13-16-28(17-14-26)37(40)41;;/h8-14,16-21,25H,6-7,15,22-24,39H2,1-5H3,(H3,40,41);2*1H. The third-order valence-corrected chi connectivity index (χ3v) is 11.2. The molecule has 0 saturated carbocycles. The highest BCUT2D eigenvalue weighted by atomic mass is 35.5. The molecule has 262 valence electrons. The minimum absolute atomic E-state index is 0. The van der Waals surface area contributed by atoms with Crippen molar-refractivity contribution >= 4 is 57.4 Å². The van der Waals surface area contributed by atoms with Gasteiger partial charge >= 0.3 is 0 Å². The summed E-state index contributed by atoms with van der Waals surface area (Å²) < 4.78 is 32.8. The van der Waals surface area contributed by atoms with E-state index in [4.69, 9.17) is 21.9 Å². The summed E-state index contributed by atoms with van der Waals surface area (Å²) in [4.78, 5) is 5.26. The van der Waals surface area contributed by atoms with E-state index >= 15 is 0 Å². The van der Waals surface area contributed by atoms with Gasteiger partial charge in [-0.05, 0) is 84.8 Å². The van der Waals surface area contributed by atoms with Gasteiger partial charge in [-0.3, -0.25) is 9.71 Å². The quantitative estimate of drug-likeness (QED) is 0.0882. The lowest BCUT2D eigenvalue weighted by Gasteiger charge is -2.33. The molecule has 0 aliphatic heterocycles. The number of fused-ring (bicyclic) bond motifs is 1. The molecule has 0 bridgehead atoms. The molecule has 0 fully saturated rings. The number of nitrogens with one attached hydrogen (secondary N) is 1. The number of halogens is 2. The SMILES string of the molecule is CCc1c(S(=O)(=O)N(CC)c2ccc3c(c2)nc(CCc2ccc(C(=N)N)cc2)n3C)ccc(CCN)c1C(C)(C)c1ccccc1.Cl.Cl. The summed E-state index contributed by atoms with van der Waals surface area (Å²) in [5, 5.41) is 7.61. The Bertz CT molecular complexity index is 2010. The van der Waals surface area contributed by atoms with E-state index < -0.39 is 15.4 Å².